The van der Waals surface area contributed by atoms with Crippen LogP contribution in [0.15, 0.2) is 24.3 Å². The molecule has 0 fully saturated rings. The van der Waals surface area contributed by atoms with Gasteiger partial charge in [0.25, 0.3) is 5.91 Å². The Morgan fingerprint density at radius 2 is 1.81 bits per heavy atom. The summed E-state index contributed by atoms with van der Waals surface area (Å²) >= 11 is 0. The third kappa shape index (κ3) is 7.40. The quantitative estimate of drug-likeness (QED) is 0.713. The predicted molar refractivity (Wildman–Crippen MR) is 70.2 cm³/mol. The fraction of sp³-hybridized carbons (Fsp3) is 0.462. The van der Waals surface area contributed by atoms with Crippen LogP contribution in [0.1, 0.15) is 6.42 Å². The third-order valence-corrected chi connectivity index (χ3v) is 2.30. The van der Waals surface area contributed by atoms with E-state index < -0.39 is 12.8 Å². The molecule has 0 radical (unpaired) electrons. The molecule has 1 rings (SSSR count). The number of benzene rings is 1. The molecule has 0 aliphatic heterocycles. The lowest BCUT2D eigenvalue weighted by Crippen LogP contribution is -2.30. The second kappa shape index (κ2) is 8.35. The summed E-state index contributed by atoms with van der Waals surface area (Å²) in [4.78, 5) is 11.4. The molecule has 1 amide bonds. The van der Waals surface area contributed by atoms with E-state index in [0.29, 0.717) is 19.5 Å². The van der Waals surface area contributed by atoms with Gasteiger partial charge in [-0.1, -0.05) is 12.1 Å². The lowest BCUT2D eigenvalue weighted by atomic mass is 10.3. The normalized spacial score (nSPS) is 11.0. The molecular weight excluding hydrogens is 289 g/mol. The topological polar surface area (TPSA) is 73.6 Å². The van der Waals surface area contributed by atoms with Crippen molar-refractivity contribution in [1.82, 2.24) is 5.32 Å². The van der Waals surface area contributed by atoms with Crippen molar-refractivity contribution in [3.05, 3.63) is 24.3 Å². The standard InChI is InChI=1S/C13H17F3N2O3/c14-13(15,16)9-21-11-5-2-1-4-10(11)20-8-12(19)18-7-3-6-17/h1-2,4-5H,3,6-9,17H2,(H,18,19). The Morgan fingerprint density at radius 3 is 2.38 bits per heavy atom. The number of nitrogens with two attached hydrogens (primary N) is 1. The van der Waals surface area contributed by atoms with E-state index in [-0.39, 0.29) is 24.0 Å². The Bertz CT molecular complexity index is 453. The van der Waals surface area contributed by atoms with Gasteiger partial charge in [-0.2, -0.15) is 13.2 Å². The van der Waals surface area contributed by atoms with E-state index in [4.69, 9.17) is 10.5 Å². The zero-order valence-corrected chi connectivity index (χ0v) is 11.3. The number of hydrogen-bond acceptors (Lipinski definition) is 4. The zero-order valence-electron chi connectivity index (χ0n) is 11.3. The van der Waals surface area contributed by atoms with Gasteiger partial charge in [-0.3, -0.25) is 4.79 Å². The Labute approximate surface area is 120 Å². The van der Waals surface area contributed by atoms with Crippen LogP contribution in [0.3, 0.4) is 0 Å². The van der Waals surface area contributed by atoms with Crippen molar-refractivity contribution < 1.29 is 27.4 Å². The van der Waals surface area contributed by atoms with Crippen molar-refractivity contribution in [3.63, 3.8) is 0 Å². The van der Waals surface area contributed by atoms with Crippen molar-refractivity contribution in [1.29, 1.82) is 0 Å². The molecule has 21 heavy (non-hydrogen) atoms. The summed E-state index contributed by atoms with van der Waals surface area (Å²) in [6.07, 6.45) is -3.80. The maximum absolute atomic E-state index is 12.1. The van der Waals surface area contributed by atoms with E-state index in [1.165, 1.54) is 18.2 Å². The molecule has 0 saturated heterocycles. The molecule has 8 heteroatoms. The summed E-state index contributed by atoms with van der Waals surface area (Å²) in [6, 6.07) is 5.86. The largest absolute Gasteiger partial charge is 0.480 e. The fourth-order valence-electron chi connectivity index (χ4n) is 1.37. The molecule has 0 atom stereocenters. The molecule has 0 heterocycles. The number of ether oxygens (including phenoxy) is 2. The monoisotopic (exact) mass is 306 g/mol. The van der Waals surface area contributed by atoms with Gasteiger partial charge in [0, 0.05) is 6.54 Å². The van der Waals surface area contributed by atoms with Crippen LogP contribution in [0.4, 0.5) is 13.2 Å². The first-order valence-electron chi connectivity index (χ1n) is 6.30. The SMILES string of the molecule is NCCCNC(=O)COc1ccccc1OCC(F)(F)F. The summed E-state index contributed by atoms with van der Waals surface area (Å²) < 4.78 is 46.2. The van der Waals surface area contributed by atoms with Crippen LogP contribution in [0.25, 0.3) is 0 Å². The highest BCUT2D eigenvalue weighted by molar-refractivity contribution is 5.77. The number of carbonyl (C=O) groups excluding carboxylic acids is 1. The third-order valence-electron chi connectivity index (χ3n) is 2.30. The minimum Gasteiger partial charge on any atom is -0.480 e. The lowest BCUT2D eigenvalue weighted by Gasteiger charge is -2.13. The van der Waals surface area contributed by atoms with E-state index in [9.17, 15) is 18.0 Å². The number of para-hydroxylation sites is 2. The first-order chi connectivity index (χ1) is 9.92. The first-order valence-corrected chi connectivity index (χ1v) is 6.30. The van der Waals surface area contributed by atoms with Gasteiger partial charge in [-0.05, 0) is 25.1 Å². The number of hydrogen-bond donors (Lipinski definition) is 2. The van der Waals surface area contributed by atoms with Gasteiger partial charge in [0.15, 0.2) is 24.7 Å². The van der Waals surface area contributed by atoms with E-state index in [0.717, 1.165) is 0 Å². The molecule has 0 aliphatic rings. The molecule has 0 spiro atoms. The molecule has 1 aromatic rings. The molecule has 0 aromatic heterocycles. The highest BCUT2D eigenvalue weighted by Crippen LogP contribution is 2.28. The average Bonchev–Trinajstić information content (AvgIpc) is 2.43. The fourth-order valence-corrected chi connectivity index (χ4v) is 1.37. The van der Waals surface area contributed by atoms with Gasteiger partial charge in [0.2, 0.25) is 0 Å². The Balaban J connectivity index is 2.49. The van der Waals surface area contributed by atoms with Crippen LogP contribution >= 0.6 is 0 Å². The molecule has 5 nitrogen and oxygen atoms in total. The van der Waals surface area contributed by atoms with Gasteiger partial charge in [-0.25, -0.2) is 0 Å². The van der Waals surface area contributed by atoms with Gasteiger partial charge in [0.05, 0.1) is 0 Å². The average molecular weight is 306 g/mol. The number of amides is 1. The smallest absolute Gasteiger partial charge is 0.422 e. The van der Waals surface area contributed by atoms with Crippen LogP contribution in [-0.4, -0.2) is 38.4 Å². The lowest BCUT2D eigenvalue weighted by molar-refractivity contribution is -0.153. The molecular formula is C13H17F3N2O3. The van der Waals surface area contributed by atoms with Crippen molar-refractivity contribution in [2.45, 2.75) is 12.6 Å². The Kier molecular flexibility index (Phi) is 6.80. The first kappa shape index (κ1) is 17.1. The Morgan fingerprint density at radius 1 is 1.19 bits per heavy atom. The maximum Gasteiger partial charge on any atom is 0.422 e. The van der Waals surface area contributed by atoms with Crippen molar-refractivity contribution >= 4 is 5.91 Å². The van der Waals surface area contributed by atoms with Gasteiger partial charge in [-0.15, -0.1) is 0 Å². The Hall–Kier alpha value is -1.96. The summed E-state index contributed by atoms with van der Waals surface area (Å²) in [5.41, 5.74) is 5.28. The van der Waals surface area contributed by atoms with Crippen LogP contribution in [0.2, 0.25) is 0 Å². The van der Waals surface area contributed by atoms with Crippen LogP contribution in [0, 0.1) is 0 Å². The minimum absolute atomic E-state index is 0.0652. The van der Waals surface area contributed by atoms with Gasteiger partial charge < -0.3 is 20.5 Å². The van der Waals surface area contributed by atoms with Crippen molar-refractivity contribution in [2.75, 3.05) is 26.3 Å². The maximum atomic E-state index is 12.1. The highest BCUT2D eigenvalue weighted by Gasteiger charge is 2.28. The van der Waals surface area contributed by atoms with Crippen LogP contribution in [-0.2, 0) is 4.79 Å². The van der Waals surface area contributed by atoms with E-state index in [1.807, 2.05) is 0 Å². The molecule has 3 N–H and O–H groups in total. The summed E-state index contributed by atoms with van der Waals surface area (Å²) in [6.45, 7) is -0.854. The number of carbonyl (C=O) groups is 1. The summed E-state index contributed by atoms with van der Waals surface area (Å²) in [5.74, 6) is -0.366. The molecule has 0 unspecified atom stereocenters. The summed E-state index contributed by atoms with van der Waals surface area (Å²) in [7, 11) is 0. The highest BCUT2D eigenvalue weighted by atomic mass is 19.4. The minimum atomic E-state index is -4.44. The molecule has 0 bridgehead atoms. The molecule has 0 saturated carbocycles. The number of nitrogens with one attached hydrogen (secondary N) is 1. The van der Waals surface area contributed by atoms with Crippen molar-refractivity contribution in [3.8, 4) is 11.5 Å². The van der Waals surface area contributed by atoms with Crippen molar-refractivity contribution in [2.24, 2.45) is 5.73 Å². The molecule has 1 aromatic carbocycles. The number of rotatable bonds is 8. The predicted octanol–water partition coefficient (Wildman–Crippen LogP) is 1.47. The van der Waals surface area contributed by atoms with Gasteiger partial charge in [0.1, 0.15) is 0 Å². The number of halogens is 3. The van der Waals surface area contributed by atoms with Crippen LogP contribution in [0.5, 0.6) is 11.5 Å². The second-order valence-corrected chi connectivity index (χ2v) is 4.13. The van der Waals surface area contributed by atoms with Gasteiger partial charge >= 0.3 is 6.18 Å². The second-order valence-electron chi connectivity index (χ2n) is 4.13. The number of alkyl halides is 3. The van der Waals surface area contributed by atoms with E-state index >= 15 is 0 Å². The zero-order chi connectivity index (χ0) is 15.7. The molecule has 0 aliphatic carbocycles. The van der Waals surface area contributed by atoms with Crippen LogP contribution < -0.4 is 20.5 Å². The molecule has 118 valence electrons. The van der Waals surface area contributed by atoms with E-state index in [2.05, 4.69) is 10.1 Å². The summed E-state index contributed by atoms with van der Waals surface area (Å²) in [5, 5.41) is 2.56. The van der Waals surface area contributed by atoms with E-state index in [1.54, 1.807) is 6.07 Å².